The Morgan fingerprint density at radius 2 is 1.86 bits per heavy atom. The van der Waals surface area contributed by atoms with Crippen molar-refractivity contribution < 1.29 is 32.3 Å². The predicted octanol–water partition coefficient (Wildman–Crippen LogP) is 3.89. The third-order valence-corrected chi connectivity index (χ3v) is 4.19. The van der Waals surface area contributed by atoms with Crippen molar-refractivity contribution in [1.29, 1.82) is 0 Å². The van der Waals surface area contributed by atoms with Gasteiger partial charge in [0.25, 0.3) is 0 Å². The Bertz CT molecular complexity index is 1020. The first-order chi connectivity index (χ1) is 13.5. The van der Waals surface area contributed by atoms with Gasteiger partial charge in [0.2, 0.25) is 6.10 Å². The summed E-state index contributed by atoms with van der Waals surface area (Å²) in [6, 6.07) is 11.5. The van der Waals surface area contributed by atoms with Crippen LogP contribution in [-0.4, -0.2) is 23.3 Å². The Morgan fingerprint density at radius 3 is 2.61 bits per heavy atom. The lowest BCUT2D eigenvalue weighted by atomic mass is 10.1. The summed E-state index contributed by atoms with van der Waals surface area (Å²) in [5.41, 5.74) is 0.331. The van der Waals surface area contributed by atoms with Crippen molar-refractivity contribution in [2.45, 2.75) is 25.7 Å². The Morgan fingerprint density at radius 1 is 1.11 bits per heavy atom. The SMILES string of the molecule is CC1Oc2ccccc2OC1C(=O)OCc1cc(-c2ccc(F)cc2F)on1. The van der Waals surface area contributed by atoms with Crippen molar-refractivity contribution >= 4 is 5.97 Å². The second-order valence-electron chi connectivity index (χ2n) is 6.22. The largest absolute Gasteiger partial charge is 0.482 e. The van der Waals surface area contributed by atoms with Crippen LogP contribution in [0, 0.1) is 11.6 Å². The minimum Gasteiger partial charge on any atom is -0.482 e. The molecule has 1 aliphatic heterocycles. The number of fused-ring (bicyclic) bond motifs is 1. The summed E-state index contributed by atoms with van der Waals surface area (Å²) in [6.45, 7) is 1.51. The number of ether oxygens (including phenoxy) is 3. The molecule has 144 valence electrons. The van der Waals surface area contributed by atoms with Gasteiger partial charge in [0.05, 0.1) is 5.56 Å². The number of nitrogens with zero attached hydrogens (tertiary/aromatic N) is 1. The highest BCUT2D eigenvalue weighted by Gasteiger charge is 2.35. The van der Waals surface area contributed by atoms with Gasteiger partial charge in [-0.05, 0) is 31.2 Å². The normalized spacial score (nSPS) is 18.0. The Hall–Kier alpha value is -3.42. The number of aromatic nitrogens is 1. The van der Waals surface area contributed by atoms with E-state index < -0.39 is 29.8 Å². The van der Waals surface area contributed by atoms with Crippen LogP contribution < -0.4 is 9.47 Å². The zero-order valence-electron chi connectivity index (χ0n) is 14.7. The highest BCUT2D eigenvalue weighted by Crippen LogP contribution is 2.33. The molecule has 1 aliphatic rings. The van der Waals surface area contributed by atoms with E-state index in [1.54, 1.807) is 31.2 Å². The molecule has 6 nitrogen and oxygen atoms in total. The van der Waals surface area contributed by atoms with Crippen LogP contribution in [-0.2, 0) is 16.1 Å². The standard InChI is InChI=1S/C20H15F2NO5/c1-11-19(27-17-5-3-2-4-16(17)26-11)20(24)25-10-13-9-18(28-23-13)14-7-6-12(21)8-15(14)22/h2-9,11,19H,10H2,1H3. The van der Waals surface area contributed by atoms with Gasteiger partial charge >= 0.3 is 5.97 Å². The van der Waals surface area contributed by atoms with Gasteiger partial charge in [-0.3, -0.25) is 0 Å². The molecule has 2 heterocycles. The first-order valence-corrected chi connectivity index (χ1v) is 8.51. The molecule has 0 aliphatic carbocycles. The summed E-state index contributed by atoms with van der Waals surface area (Å²) in [5.74, 6) is -0.984. The predicted molar refractivity (Wildman–Crippen MR) is 92.6 cm³/mol. The van der Waals surface area contributed by atoms with Gasteiger partial charge in [0.15, 0.2) is 17.3 Å². The smallest absolute Gasteiger partial charge is 0.351 e. The van der Waals surface area contributed by atoms with E-state index in [2.05, 4.69) is 5.16 Å². The third kappa shape index (κ3) is 3.53. The van der Waals surface area contributed by atoms with Gasteiger partial charge in [-0.25, -0.2) is 13.6 Å². The van der Waals surface area contributed by atoms with Crippen LogP contribution in [0.2, 0.25) is 0 Å². The molecule has 0 bridgehead atoms. The molecule has 0 N–H and O–H groups in total. The number of benzene rings is 2. The van der Waals surface area contributed by atoms with E-state index >= 15 is 0 Å². The molecule has 3 aromatic rings. The van der Waals surface area contributed by atoms with E-state index in [1.807, 2.05) is 0 Å². The summed E-state index contributed by atoms with van der Waals surface area (Å²) in [7, 11) is 0. The lowest BCUT2D eigenvalue weighted by Crippen LogP contribution is -2.44. The van der Waals surface area contributed by atoms with Crippen LogP contribution in [0.25, 0.3) is 11.3 Å². The van der Waals surface area contributed by atoms with Crippen LogP contribution >= 0.6 is 0 Å². The second-order valence-corrected chi connectivity index (χ2v) is 6.22. The second kappa shape index (κ2) is 7.30. The molecule has 0 fully saturated rings. The number of carbonyl (C=O) groups excluding carboxylic acids is 1. The summed E-state index contributed by atoms with van der Waals surface area (Å²) < 4.78 is 48.5. The number of rotatable bonds is 4. The summed E-state index contributed by atoms with van der Waals surface area (Å²) in [4.78, 5) is 12.4. The first-order valence-electron chi connectivity index (χ1n) is 8.51. The molecule has 0 amide bonds. The molecule has 2 aromatic carbocycles. The van der Waals surface area contributed by atoms with Crippen LogP contribution in [0.15, 0.2) is 53.1 Å². The molecule has 2 unspecified atom stereocenters. The van der Waals surface area contributed by atoms with Crippen LogP contribution in [0.4, 0.5) is 8.78 Å². The minimum absolute atomic E-state index is 0.0562. The van der Waals surface area contributed by atoms with Crippen molar-refractivity contribution in [3.8, 4) is 22.8 Å². The number of para-hydroxylation sites is 2. The molecule has 4 rings (SSSR count). The van der Waals surface area contributed by atoms with Crippen LogP contribution in [0.5, 0.6) is 11.5 Å². The van der Waals surface area contributed by atoms with Gasteiger partial charge < -0.3 is 18.7 Å². The van der Waals surface area contributed by atoms with E-state index in [1.165, 1.54) is 12.1 Å². The van der Waals surface area contributed by atoms with Crippen molar-refractivity contribution in [2.24, 2.45) is 0 Å². The van der Waals surface area contributed by atoms with E-state index in [0.717, 1.165) is 12.1 Å². The number of esters is 1. The van der Waals surface area contributed by atoms with Crippen LogP contribution in [0.1, 0.15) is 12.6 Å². The van der Waals surface area contributed by atoms with Crippen molar-refractivity contribution in [3.63, 3.8) is 0 Å². The van der Waals surface area contributed by atoms with Crippen molar-refractivity contribution in [2.75, 3.05) is 0 Å². The monoisotopic (exact) mass is 387 g/mol. The summed E-state index contributed by atoms with van der Waals surface area (Å²) in [6.07, 6.45) is -1.47. The van der Waals surface area contributed by atoms with Crippen LogP contribution in [0.3, 0.4) is 0 Å². The van der Waals surface area contributed by atoms with Gasteiger partial charge in [-0.15, -0.1) is 0 Å². The Kier molecular flexibility index (Phi) is 4.68. The summed E-state index contributed by atoms with van der Waals surface area (Å²) >= 11 is 0. The number of halogens is 2. The van der Waals surface area contributed by atoms with E-state index in [9.17, 15) is 13.6 Å². The zero-order valence-corrected chi connectivity index (χ0v) is 14.7. The molecule has 1 aromatic heterocycles. The molecular weight excluding hydrogens is 372 g/mol. The molecule has 28 heavy (non-hydrogen) atoms. The quantitative estimate of drug-likeness (QED) is 0.633. The van der Waals surface area contributed by atoms with Gasteiger partial charge in [0.1, 0.15) is 30.0 Å². The topological polar surface area (TPSA) is 70.8 Å². The highest BCUT2D eigenvalue weighted by molar-refractivity contribution is 5.76. The maximum Gasteiger partial charge on any atom is 0.351 e. The third-order valence-electron chi connectivity index (χ3n) is 4.19. The molecule has 0 spiro atoms. The summed E-state index contributed by atoms with van der Waals surface area (Å²) in [5, 5.41) is 3.74. The van der Waals surface area contributed by atoms with Gasteiger partial charge in [-0.1, -0.05) is 17.3 Å². The Balaban J connectivity index is 1.41. The van der Waals surface area contributed by atoms with E-state index in [-0.39, 0.29) is 23.6 Å². The number of hydrogen-bond acceptors (Lipinski definition) is 6. The maximum atomic E-state index is 13.8. The Labute approximate surface area is 158 Å². The minimum atomic E-state index is -0.934. The fraction of sp³-hybridized carbons (Fsp3) is 0.200. The van der Waals surface area contributed by atoms with Crippen molar-refractivity contribution in [3.05, 3.63) is 65.9 Å². The molecule has 0 saturated carbocycles. The number of hydrogen-bond donors (Lipinski definition) is 0. The molecule has 2 atom stereocenters. The highest BCUT2D eigenvalue weighted by atomic mass is 19.1. The lowest BCUT2D eigenvalue weighted by Gasteiger charge is -2.30. The van der Waals surface area contributed by atoms with E-state index in [4.69, 9.17) is 18.7 Å². The van der Waals surface area contributed by atoms with Gasteiger partial charge in [0, 0.05) is 12.1 Å². The molecular formula is C20H15F2NO5. The average molecular weight is 387 g/mol. The van der Waals surface area contributed by atoms with Crippen molar-refractivity contribution in [1.82, 2.24) is 5.16 Å². The molecule has 8 heteroatoms. The zero-order chi connectivity index (χ0) is 19.7. The fourth-order valence-corrected chi connectivity index (χ4v) is 2.80. The number of carbonyl (C=O) groups is 1. The average Bonchev–Trinajstić information content (AvgIpc) is 3.14. The molecule has 0 radical (unpaired) electrons. The fourth-order valence-electron chi connectivity index (χ4n) is 2.80. The first kappa shape index (κ1) is 18.0. The maximum absolute atomic E-state index is 13.8. The van der Waals surface area contributed by atoms with Gasteiger partial charge in [-0.2, -0.15) is 0 Å². The molecule has 0 saturated heterocycles. The van der Waals surface area contributed by atoms with E-state index in [0.29, 0.717) is 11.5 Å². The lowest BCUT2D eigenvalue weighted by molar-refractivity contribution is -0.159.